The third-order valence-corrected chi connectivity index (χ3v) is 15.3. The molecule has 2 heterocycles. The van der Waals surface area contributed by atoms with Crippen LogP contribution in [0.4, 0.5) is 0 Å². The van der Waals surface area contributed by atoms with Gasteiger partial charge in [-0.25, -0.2) is 0 Å². The molecule has 0 amide bonds. The lowest BCUT2D eigenvalue weighted by Crippen LogP contribution is -2.15. The highest BCUT2D eigenvalue weighted by Gasteiger charge is 2.36. The maximum Gasteiger partial charge on any atom is 0.143 e. The van der Waals surface area contributed by atoms with E-state index in [1.165, 1.54) is 115 Å². The summed E-state index contributed by atoms with van der Waals surface area (Å²) in [6.07, 6.45) is 15.5. The standard InChI is InChI=1S/C34H28O.C19H14S.C14H18.C3H8.C2H6/c1-21-11-13-22(14-12-21)23-16-18-30-29(19-23)26-17-15-24(20-31(26)34(30,2)3)25-8-6-9-28-27-7-4-5-10-32(27)35-33(25)28;1-13-9-11-14(12-10-13)15-6-4-8-18-19(15)16-5-2-3-7-17(16)20-18;1-4-6-9-13(5-2)14-10-7-8-12(3)11-14;1-3-2;1-2/h4-11,13,15-20H,12,14H2,1-3H3;2-12H,1H3;4,6-11H,5H2,1-3H3;3H2,1-2H3;1-2H3/b;;6-4-,13-9+;;. The van der Waals surface area contributed by atoms with E-state index in [1.807, 2.05) is 38.2 Å². The zero-order chi connectivity index (χ0) is 52.4. The molecule has 12 rings (SSSR count). The Hall–Kier alpha value is -7.26. The first kappa shape index (κ1) is 53.0. The number of furan rings is 1. The molecule has 2 aromatic heterocycles. The number of aryl methyl sites for hydroxylation is 2. The number of hydrogen-bond donors (Lipinski definition) is 0. The van der Waals surface area contributed by atoms with Crippen LogP contribution in [0.3, 0.4) is 0 Å². The van der Waals surface area contributed by atoms with Crippen LogP contribution < -0.4 is 0 Å². The van der Waals surface area contributed by atoms with E-state index in [0.717, 1.165) is 36.0 Å². The second-order valence-electron chi connectivity index (χ2n) is 19.9. The highest BCUT2D eigenvalue weighted by Crippen LogP contribution is 2.51. The van der Waals surface area contributed by atoms with E-state index in [-0.39, 0.29) is 5.41 Å². The minimum absolute atomic E-state index is 0.0432. The number of thiophene rings is 1. The molecule has 374 valence electrons. The highest BCUT2D eigenvalue weighted by molar-refractivity contribution is 7.25. The van der Waals surface area contributed by atoms with Crippen molar-refractivity contribution in [1.82, 2.24) is 0 Å². The van der Waals surface area contributed by atoms with Crippen molar-refractivity contribution < 1.29 is 4.42 Å². The monoisotopic (exact) mass is 987 g/mol. The van der Waals surface area contributed by atoms with E-state index in [1.54, 1.807) is 0 Å². The molecule has 0 saturated heterocycles. The SMILES string of the molecule is C/C=C\C=C(/CC)c1cccc(C)c1.CC.CC1=CC=C(c2ccc3c(c2)-c2ccc(-c4cccc5c4oc4ccccc45)cc2C3(C)C)CC1.CCC.Cc1ccc(-c2cccc3sc4ccccc4c23)cc1. The van der Waals surface area contributed by atoms with Gasteiger partial charge in [0.1, 0.15) is 11.2 Å². The molecule has 0 N–H and O–H groups in total. The van der Waals surface area contributed by atoms with Crippen LogP contribution in [0.2, 0.25) is 0 Å². The van der Waals surface area contributed by atoms with Gasteiger partial charge in [-0.05, 0) is 139 Å². The van der Waals surface area contributed by atoms with E-state index in [4.69, 9.17) is 4.42 Å². The number of hydrogen-bond acceptors (Lipinski definition) is 2. The number of para-hydroxylation sites is 2. The first-order valence-electron chi connectivity index (χ1n) is 27.0. The molecule has 0 bridgehead atoms. The Labute approximate surface area is 446 Å². The van der Waals surface area contributed by atoms with Crippen LogP contribution in [0.5, 0.6) is 0 Å². The average molecular weight is 987 g/mol. The van der Waals surface area contributed by atoms with Gasteiger partial charge in [0.2, 0.25) is 0 Å². The Kier molecular flexibility index (Phi) is 17.3. The van der Waals surface area contributed by atoms with Crippen molar-refractivity contribution in [3.8, 4) is 33.4 Å². The van der Waals surface area contributed by atoms with Gasteiger partial charge in [0, 0.05) is 41.9 Å². The average Bonchev–Trinajstić information content (AvgIpc) is 4.08. The van der Waals surface area contributed by atoms with Gasteiger partial charge in [0.05, 0.1) is 0 Å². The largest absolute Gasteiger partial charge is 0.455 e. The first-order chi connectivity index (χ1) is 36.0. The molecule has 10 aromatic rings. The van der Waals surface area contributed by atoms with Crippen molar-refractivity contribution in [2.75, 3.05) is 0 Å². The third-order valence-electron chi connectivity index (χ3n) is 14.1. The van der Waals surface area contributed by atoms with Crippen molar-refractivity contribution in [2.24, 2.45) is 0 Å². The summed E-state index contributed by atoms with van der Waals surface area (Å²) in [4.78, 5) is 0. The molecule has 0 unspecified atom stereocenters. The minimum atomic E-state index is -0.0432. The summed E-state index contributed by atoms with van der Waals surface area (Å²) < 4.78 is 9.08. The Morgan fingerprint density at radius 2 is 1.22 bits per heavy atom. The Balaban J connectivity index is 0.000000158. The quantitative estimate of drug-likeness (QED) is 0.151. The van der Waals surface area contributed by atoms with E-state index >= 15 is 0 Å². The normalized spacial score (nSPS) is 13.4. The fourth-order valence-corrected chi connectivity index (χ4v) is 11.4. The van der Waals surface area contributed by atoms with Crippen LogP contribution in [0.15, 0.2) is 210 Å². The molecule has 0 spiro atoms. The van der Waals surface area contributed by atoms with Gasteiger partial charge in [-0.15, -0.1) is 11.3 Å². The maximum atomic E-state index is 6.35. The molecule has 0 aliphatic heterocycles. The van der Waals surface area contributed by atoms with Gasteiger partial charge in [-0.3, -0.25) is 0 Å². The molecule has 2 aliphatic rings. The number of benzene rings is 8. The zero-order valence-corrected chi connectivity index (χ0v) is 46.5. The predicted octanol–water partition coefficient (Wildman–Crippen LogP) is 22.5. The molecule has 0 fully saturated rings. The Morgan fingerprint density at radius 3 is 1.95 bits per heavy atom. The van der Waals surface area contributed by atoms with Crippen molar-refractivity contribution in [1.29, 1.82) is 0 Å². The lowest BCUT2D eigenvalue weighted by atomic mass is 9.81. The van der Waals surface area contributed by atoms with E-state index in [0.29, 0.717) is 0 Å². The van der Waals surface area contributed by atoms with Gasteiger partial charge in [-0.2, -0.15) is 0 Å². The molecule has 1 nitrogen and oxygen atoms in total. The molecular formula is C72H74OS. The van der Waals surface area contributed by atoms with Crippen LogP contribution in [-0.4, -0.2) is 0 Å². The molecule has 0 atom stereocenters. The molecule has 74 heavy (non-hydrogen) atoms. The highest BCUT2D eigenvalue weighted by atomic mass is 32.1. The lowest BCUT2D eigenvalue weighted by Gasteiger charge is -2.22. The van der Waals surface area contributed by atoms with Gasteiger partial charge in [0.15, 0.2) is 0 Å². The zero-order valence-electron chi connectivity index (χ0n) is 45.7. The van der Waals surface area contributed by atoms with E-state index < -0.39 is 0 Å². The smallest absolute Gasteiger partial charge is 0.143 e. The third kappa shape index (κ3) is 11.3. The molecular weight excluding hydrogens is 913 g/mol. The van der Waals surface area contributed by atoms with Crippen LogP contribution in [0.25, 0.3) is 86.6 Å². The minimum Gasteiger partial charge on any atom is -0.455 e. The van der Waals surface area contributed by atoms with Crippen LogP contribution in [-0.2, 0) is 5.41 Å². The summed E-state index contributed by atoms with van der Waals surface area (Å²) in [5.41, 5.74) is 22.0. The van der Waals surface area contributed by atoms with Crippen molar-refractivity contribution in [2.45, 2.75) is 107 Å². The van der Waals surface area contributed by atoms with E-state index in [2.05, 4.69) is 250 Å². The van der Waals surface area contributed by atoms with Crippen molar-refractivity contribution in [3.63, 3.8) is 0 Å². The van der Waals surface area contributed by atoms with Crippen molar-refractivity contribution >= 4 is 64.6 Å². The summed E-state index contributed by atoms with van der Waals surface area (Å²) in [5, 5.41) is 5.10. The first-order valence-corrected chi connectivity index (χ1v) is 27.8. The van der Waals surface area contributed by atoms with Crippen LogP contribution in [0, 0.1) is 13.8 Å². The summed E-state index contributed by atoms with van der Waals surface area (Å²) in [6.45, 7) is 23.7. The van der Waals surface area contributed by atoms with E-state index in [9.17, 15) is 0 Å². The second kappa shape index (κ2) is 24.2. The summed E-state index contributed by atoms with van der Waals surface area (Å²) >= 11 is 1.87. The molecule has 2 aliphatic carbocycles. The van der Waals surface area contributed by atoms with Gasteiger partial charge in [0.25, 0.3) is 0 Å². The fraction of sp³-hybridized carbons (Fsp3) is 0.222. The fourth-order valence-electron chi connectivity index (χ4n) is 10.3. The maximum absolute atomic E-state index is 6.35. The number of rotatable bonds is 6. The summed E-state index contributed by atoms with van der Waals surface area (Å²) in [6, 6.07) is 61.6. The summed E-state index contributed by atoms with van der Waals surface area (Å²) in [5.74, 6) is 0. The topological polar surface area (TPSA) is 13.1 Å². The van der Waals surface area contributed by atoms with Gasteiger partial charge >= 0.3 is 0 Å². The number of fused-ring (bicyclic) bond motifs is 9. The van der Waals surface area contributed by atoms with Gasteiger partial charge < -0.3 is 4.42 Å². The lowest BCUT2D eigenvalue weighted by molar-refractivity contribution is 0.660. The van der Waals surface area contributed by atoms with Crippen LogP contribution >= 0.6 is 11.3 Å². The van der Waals surface area contributed by atoms with Gasteiger partial charge in [-0.1, -0.05) is 241 Å². The molecule has 0 saturated carbocycles. The summed E-state index contributed by atoms with van der Waals surface area (Å²) in [7, 11) is 0. The molecule has 8 aromatic carbocycles. The molecule has 2 heteroatoms. The number of allylic oxidation sites excluding steroid dienone is 8. The predicted molar refractivity (Wildman–Crippen MR) is 329 cm³/mol. The van der Waals surface area contributed by atoms with Crippen molar-refractivity contribution in [3.05, 3.63) is 239 Å². The second-order valence-corrected chi connectivity index (χ2v) is 21.0. The Bertz CT molecular complexity index is 3670. The molecule has 0 radical (unpaired) electrons. The van der Waals surface area contributed by atoms with Crippen LogP contribution in [0.1, 0.15) is 121 Å². The Morgan fingerprint density at radius 1 is 0.554 bits per heavy atom.